The van der Waals surface area contributed by atoms with E-state index in [-0.39, 0.29) is 29.7 Å². The summed E-state index contributed by atoms with van der Waals surface area (Å²) in [5.74, 6) is -0.273. The van der Waals surface area contributed by atoms with Gasteiger partial charge < -0.3 is 10.3 Å². The zero-order chi connectivity index (χ0) is 23.4. The number of amides is 1. The van der Waals surface area contributed by atoms with Crippen LogP contribution in [0.2, 0.25) is 0 Å². The van der Waals surface area contributed by atoms with Gasteiger partial charge in [-0.15, -0.1) is 10.2 Å². The number of anilines is 2. The van der Waals surface area contributed by atoms with Gasteiger partial charge in [0.15, 0.2) is 10.8 Å². The van der Waals surface area contributed by atoms with E-state index >= 15 is 0 Å². The van der Waals surface area contributed by atoms with E-state index in [1.807, 2.05) is 41.8 Å². The molecule has 1 fully saturated rings. The summed E-state index contributed by atoms with van der Waals surface area (Å²) < 4.78 is 3.30. The van der Waals surface area contributed by atoms with Crippen molar-refractivity contribution in [3.05, 3.63) is 63.1 Å². The predicted octanol–water partition coefficient (Wildman–Crippen LogP) is 2.17. The van der Waals surface area contributed by atoms with Crippen LogP contribution in [0.1, 0.15) is 44.2 Å². The van der Waals surface area contributed by atoms with Gasteiger partial charge in [-0.25, -0.2) is 4.79 Å². The molecule has 0 saturated heterocycles. The Morgan fingerprint density at radius 3 is 2.73 bits per heavy atom. The molecule has 2 aromatic heterocycles. The van der Waals surface area contributed by atoms with Crippen LogP contribution in [0.4, 0.5) is 11.5 Å². The number of hydrogen-bond donors (Lipinski definition) is 2. The van der Waals surface area contributed by atoms with E-state index in [0.29, 0.717) is 17.7 Å². The van der Waals surface area contributed by atoms with E-state index in [1.54, 1.807) is 6.33 Å². The molecule has 33 heavy (non-hydrogen) atoms. The lowest BCUT2D eigenvalue weighted by Crippen LogP contribution is -2.41. The first kappa shape index (κ1) is 22.8. The van der Waals surface area contributed by atoms with E-state index in [9.17, 15) is 14.4 Å². The summed E-state index contributed by atoms with van der Waals surface area (Å²) in [6, 6.07) is 9.73. The minimum atomic E-state index is -0.680. The predicted molar refractivity (Wildman–Crippen MR) is 127 cm³/mol. The van der Waals surface area contributed by atoms with Crippen molar-refractivity contribution in [2.45, 2.75) is 56.9 Å². The van der Waals surface area contributed by atoms with Crippen molar-refractivity contribution < 1.29 is 4.79 Å². The van der Waals surface area contributed by atoms with Gasteiger partial charge in [0.05, 0.1) is 12.3 Å². The maximum atomic E-state index is 13.4. The standard InChI is InChI=1S/C22H27N7O3S/c1-2-3-11-27-19(23)18(20(31)25-21(27)32)28(12-15-7-5-4-6-8-15)17(30)13-33-22-26-24-14-29(22)16-9-10-16/h4-8,14,16H,2-3,9-13,23H2,1H3,(H,25,31,32). The minimum absolute atomic E-state index is 0.00683. The number of carbonyl (C=O) groups excluding carboxylic acids is 1. The highest BCUT2D eigenvalue weighted by Crippen LogP contribution is 2.37. The fourth-order valence-electron chi connectivity index (χ4n) is 3.58. The van der Waals surface area contributed by atoms with Crippen LogP contribution in [-0.2, 0) is 17.9 Å². The van der Waals surface area contributed by atoms with Gasteiger partial charge in [-0.1, -0.05) is 55.4 Å². The summed E-state index contributed by atoms with van der Waals surface area (Å²) in [5.41, 5.74) is 5.87. The van der Waals surface area contributed by atoms with Crippen LogP contribution in [0.15, 0.2) is 51.4 Å². The first-order chi connectivity index (χ1) is 16.0. The first-order valence-electron chi connectivity index (χ1n) is 11.0. The Morgan fingerprint density at radius 2 is 2.03 bits per heavy atom. The number of carbonyl (C=O) groups is 1. The van der Waals surface area contributed by atoms with Crippen LogP contribution in [0.3, 0.4) is 0 Å². The van der Waals surface area contributed by atoms with Crippen LogP contribution in [0, 0.1) is 0 Å². The van der Waals surface area contributed by atoms with Crippen LogP contribution in [-0.4, -0.2) is 36.0 Å². The summed E-state index contributed by atoms with van der Waals surface area (Å²) in [7, 11) is 0. The average molecular weight is 470 g/mol. The van der Waals surface area contributed by atoms with Crippen molar-refractivity contribution in [2.75, 3.05) is 16.4 Å². The molecule has 2 heterocycles. The van der Waals surface area contributed by atoms with Gasteiger partial charge in [-0.3, -0.25) is 24.0 Å². The summed E-state index contributed by atoms with van der Waals surface area (Å²) in [4.78, 5) is 42.3. The zero-order valence-electron chi connectivity index (χ0n) is 18.4. The molecule has 1 aliphatic carbocycles. The number of rotatable bonds is 10. The highest BCUT2D eigenvalue weighted by molar-refractivity contribution is 7.99. The fraction of sp³-hybridized carbons (Fsp3) is 0.409. The third-order valence-electron chi connectivity index (χ3n) is 5.51. The van der Waals surface area contributed by atoms with Crippen LogP contribution in [0.25, 0.3) is 0 Å². The molecule has 0 spiro atoms. The number of aromatic nitrogens is 5. The molecular formula is C22H27N7O3S. The number of aromatic amines is 1. The quantitative estimate of drug-likeness (QED) is 0.435. The lowest BCUT2D eigenvalue weighted by molar-refractivity contribution is -0.116. The molecular weight excluding hydrogens is 442 g/mol. The lowest BCUT2D eigenvalue weighted by Gasteiger charge is -2.24. The highest BCUT2D eigenvalue weighted by atomic mass is 32.2. The molecule has 0 radical (unpaired) electrons. The number of thioether (sulfide) groups is 1. The smallest absolute Gasteiger partial charge is 0.330 e. The Balaban J connectivity index is 1.66. The van der Waals surface area contributed by atoms with Crippen molar-refractivity contribution >= 4 is 29.2 Å². The van der Waals surface area contributed by atoms with Crippen molar-refractivity contribution in [1.29, 1.82) is 0 Å². The maximum absolute atomic E-state index is 13.4. The number of nitrogen functional groups attached to an aromatic ring is 1. The number of hydrogen-bond acceptors (Lipinski definition) is 7. The molecule has 0 bridgehead atoms. The van der Waals surface area contributed by atoms with E-state index in [0.717, 1.165) is 31.2 Å². The monoisotopic (exact) mass is 469 g/mol. The lowest BCUT2D eigenvalue weighted by atomic mass is 10.2. The summed E-state index contributed by atoms with van der Waals surface area (Å²) in [5, 5.41) is 8.76. The Kier molecular flexibility index (Phi) is 6.97. The molecule has 0 unspecified atom stereocenters. The number of benzene rings is 1. The molecule has 1 aliphatic rings. The van der Waals surface area contributed by atoms with Crippen molar-refractivity contribution in [3.63, 3.8) is 0 Å². The second-order valence-electron chi connectivity index (χ2n) is 8.00. The zero-order valence-corrected chi connectivity index (χ0v) is 19.3. The van der Waals surface area contributed by atoms with Gasteiger partial charge in [0.25, 0.3) is 5.56 Å². The van der Waals surface area contributed by atoms with Gasteiger partial charge in [-0.05, 0) is 24.8 Å². The number of nitrogens with zero attached hydrogens (tertiary/aromatic N) is 5. The van der Waals surface area contributed by atoms with E-state index in [4.69, 9.17) is 5.73 Å². The molecule has 0 aliphatic heterocycles. The van der Waals surface area contributed by atoms with E-state index < -0.39 is 11.2 Å². The van der Waals surface area contributed by atoms with Crippen LogP contribution >= 0.6 is 11.8 Å². The largest absolute Gasteiger partial charge is 0.383 e. The van der Waals surface area contributed by atoms with E-state index in [1.165, 1.54) is 21.2 Å². The molecule has 1 aromatic carbocycles. The van der Waals surface area contributed by atoms with Gasteiger partial charge in [-0.2, -0.15) is 0 Å². The number of nitrogens with one attached hydrogen (secondary N) is 1. The number of H-pyrrole nitrogens is 1. The number of unbranched alkanes of at least 4 members (excludes halogenated alkanes) is 1. The van der Waals surface area contributed by atoms with Gasteiger partial charge in [0.2, 0.25) is 5.91 Å². The van der Waals surface area contributed by atoms with Crippen LogP contribution in [0.5, 0.6) is 0 Å². The van der Waals surface area contributed by atoms with Crippen molar-refractivity contribution in [2.24, 2.45) is 0 Å². The Bertz CT molecular complexity index is 1230. The SMILES string of the molecule is CCCCn1c(N)c(N(Cc2ccccc2)C(=O)CSc2nncn2C2CC2)c(=O)[nH]c1=O. The molecule has 0 atom stereocenters. The molecule has 3 aromatic rings. The Morgan fingerprint density at radius 1 is 1.27 bits per heavy atom. The van der Waals surface area contributed by atoms with Gasteiger partial charge in [0, 0.05) is 12.6 Å². The molecule has 1 amide bonds. The van der Waals surface area contributed by atoms with Crippen molar-refractivity contribution in [3.8, 4) is 0 Å². The summed E-state index contributed by atoms with van der Waals surface area (Å²) in [6.07, 6.45) is 5.40. The van der Waals surface area contributed by atoms with Crippen molar-refractivity contribution in [1.82, 2.24) is 24.3 Å². The van der Waals surface area contributed by atoms with E-state index in [2.05, 4.69) is 15.2 Å². The van der Waals surface area contributed by atoms with Gasteiger partial charge in [0.1, 0.15) is 12.1 Å². The topological polar surface area (TPSA) is 132 Å². The Labute approximate surface area is 194 Å². The van der Waals surface area contributed by atoms with Crippen LogP contribution < -0.4 is 21.9 Å². The second kappa shape index (κ2) is 10.1. The molecule has 174 valence electrons. The normalized spacial score (nSPS) is 13.2. The molecule has 4 rings (SSSR count). The summed E-state index contributed by atoms with van der Waals surface area (Å²) >= 11 is 1.27. The average Bonchev–Trinajstić information content (AvgIpc) is 3.54. The minimum Gasteiger partial charge on any atom is -0.383 e. The molecule has 3 N–H and O–H groups in total. The third kappa shape index (κ3) is 5.19. The molecule has 1 saturated carbocycles. The highest BCUT2D eigenvalue weighted by Gasteiger charge is 2.28. The fourth-order valence-corrected chi connectivity index (χ4v) is 4.44. The summed E-state index contributed by atoms with van der Waals surface area (Å²) in [6.45, 7) is 2.50. The molecule has 11 heteroatoms. The first-order valence-corrected chi connectivity index (χ1v) is 12.0. The third-order valence-corrected chi connectivity index (χ3v) is 6.45. The second-order valence-corrected chi connectivity index (χ2v) is 8.95. The van der Waals surface area contributed by atoms with Gasteiger partial charge >= 0.3 is 5.69 Å². The maximum Gasteiger partial charge on any atom is 0.330 e. The molecule has 10 nitrogen and oxygen atoms in total. The Hall–Kier alpha value is -3.34. The number of nitrogens with two attached hydrogens (primary N) is 1.